The molecule has 0 spiro atoms. The van der Waals surface area contributed by atoms with Gasteiger partial charge in [-0.25, -0.2) is 9.37 Å². The first-order valence-electron chi connectivity index (χ1n) is 7.74. The predicted molar refractivity (Wildman–Crippen MR) is 89.5 cm³/mol. The Morgan fingerprint density at radius 2 is 2.08 bits per heavy atom. The molecule has 0 saturated carbocycles. The van der Waals surface area contributed by atoms with Gasteiger partial charge in [-0.3, -0.25) is 4.79 Å². The molecular formula is C16H19FN4O2S. The summed E-state index contributed by atoms with van der Waals surface area (Å²) in [4.78, 5) is 20.6. The fraction of sp³-hybridized carbons (Fsp3) is 0.438. The van der Waals surface area contributed by atoms with Gasteiger partial charge in [-0.15, -0.1) is 0 Å². The van der Waals surface area contributed by atoms with Crippen molar-refractivity contribution in [3.63, 3.8) is 0 Å². The Hall–Kier alpha value is -2.06. The number of hydrogen-bond donors (Lipinski definition) is 0. The first-order chi connectivity index (χ1) is 11.7. The van der Waals surface area contributed by atoms with Crippen molar-refractivity contribution in [2.75, 3.05) is 38.3 Å². The highest BCUT2D eigenvalue weighted by Gasteiger charge is 2.26. The van der Waals surface area contributed by atoms with Gasteiger partial charge in [0.1, 0.15) is 11.6 Å². The highest BCUT2D eigenvalue weighted by Crippen LogP contribution is 2.20. The lowest BCUT2D eigenvalue weighted by Gasteiger charge is -2.34. The molecule has 0 aliphatic carbocycles. The van der Waals surface area contributed by atoms with Crippen molar-refractivity contribution < 1.29 is 13.9 Å². The number of carbonyl (C=O) groups excluding carboxylic acids is 1. The Bertz CT molecular complexity index is 692. The number of anilines is 1. The van der Waals surface area contributed by atoms with Crippen LogP contribution in [0.15, 0.2) is 24.3 Å². The average Bonchev–Trinajstić information content (AvgIpc) is 3.05. The molecule has 8 heteroatoms. The van der Waals surface area contributed by atoms with E-state index in [2.05, 4.69) is 9.36 Å². The van der Waals surface area contributed by atoms with Crippen LogP contribution in [-0.4, -0.2) is 53.5 Å². The van der Waals surface area contributed by atoms with Crippen molar-refractivity contribution in [2.24, 2.45) is 0 Å². The van der Waals surface area contributed by atoms with E-state index in [4.69, 9.17) is 4.74 Å². The topological polar surface area (TPSA) is 58.6 Å². The molecule has 0 radical (unpaired) electrons. The van der Waals surface area contributed by atoms with E-state index in [0.29, 0.717) is 39.2 Å². The third-order valence-corrected chi connectivity index (χ3v) is 4.68. The van der Waals surface area contributed by atoms with E-state index in [1.165, 1.54) is 23.7 Å². The summed E-state index contributed by atoms with van der Waals surface area (Å²) in [5.41, 5.74) is 0.927. The number of rotatable bonds is 6. The minimum absolute atomic E-state index is 0.0409. The maximum absolute atomic E-state index is 13.0. The van der Waals surface area contributed by atoms with E-state index < -0.39 is 0 Å². The number of aromatic nitrogens is 2. The summed E-state index contributed by atoms with van der Waals surface area (Å²) in [5, 5.41) is 0.774. The number of piperazine rings is 1. The fourth-order valence-electron chi connectivity index (χ4n) is 2.52. The fourth-order valence-corrected chi connectivity index (χ4v) is 3.25. The molecule has 6 nitrogen and oxygen atoms in total. The summed E-state index contributed by atoms with van der Waals surface area (Å²) >= 11 is 1.31. The maximum Gasteiger partial charge on any atom is 0.242 e. The van der Waals surface area contributed by atoms with Crippen molar-refractivity contribution in [1.29, 1.82) is 0 Å². The number of hydrogen-bond acceptors (Lipinski definition) is 6. The molecule has 0 N–H and O–H groups in total. The van der Waals surface area contributed by atoms with Crippen molar-refractivity contribution in [1.82, 2.24) is 14.3 Å². The predicted octanol–water partition coefficient (Wildman–Crippen LogP) is 1.71. The van der Waals surface area contributed by atoms with Crippen LogP contribution in [-0.2, 0) is 22.5 Å². The quantitative estimate of drug-likeness (QED) is 0.794. The number of methoxy groups -OCH3 is 1. The van der Waals surface area contributed by atoms with E-state index >= 15 is 0 Å². The first kappa shape index (κ1) is 16.8. The van der Waals surface area contributed by atoms with Crippen LogP contribution < -0.4 is 4.90 Å². The molecule has 3 rings (SSSR count). The van der Waals surface area contributed by atoms with Crippen LogP contribution in [0.25, 0.3) is 0 Å². The summed E-state index contributed by atoms with van der Waals surface area (Å²) in [6.45, 7) is 2.71. The lowest BCUT2D eigenvalue weighted by Crippen LogP contribution is -2.50. The van der Waals surface area contributed by atoms with Crippen molar-refractivity contribution in [3.05, 3.63) is 41.5 Å². The highest BCUT2D eigenvalue weighted by molar-refractivity contribution is 7.09. The Kier molecular flexibility index (Phi) is 5.37. The first-order valence-corrected chi connectivity index (χ1v) is 8.52. The molecule has 24 heavy (non-hydrogen) atoms. The van der Waals surface area contributed by atoms with Gasteiger partial charge in [-0.2, -0.15) is 4.37 Å². The molecule has 128 valence electrons. The second kappa shape index (κ2) is 7.67. The van der Waals surface area contributed by atoms with Gasteiger partial charge in [0, 0.05) is 44.7 Å². The maximum atomic E-state index is 13.0. The van der Waals surface area contributed by atoms with Crippen molar-refractivity contribution >= 4 is 22.6 Å². The summed E-state index contributed by atoms with van der Waals surface area (Å²) in [7, 11) is 1.65. The molecule has 0 bridgehead atoms. The highest BCUT2D eigenvalue weighted by atomic mass is 32.1. The zero-order chi connectivity index (χ0) is 16.9. The largest absolute Gasteiger partial charge is 0.384 e. The van der Waals surface area contributed by atoms with Crippen LogP contribution in [0, 0.1) is 5.82 Å². The number of benzene rings is 1. The lowest BCUT2D eigenvalue weighted by atomic mass is 10.2. The van der Waals surface area contributed by atoms with E-state index in [1.807, 2.05) is 4.90 Å². The van der Waals surface area contributed by atoms with E-state index in [0.717, 1.165) is 16.5 Å². The van der Waals surface area contributed by atoms with Gasteiger partial charge in [0.05, 0.1) is 13.2 Å². The second-order valence-electron chi connectivity index (χ2n) is 5.60. The minimum Gasteiger partial charge on any atom is -0.384 e. The standard InChI is InChI=1S/C16H19FN4O2S/c1-23-9-6-14-18-16(24-19-14)21-8-7-20(15(22)11-21)10-12-2-4-13(17)5-3-12/h2-5H,6-11H2,1H3. The molecule has 1 amide bonds. The molecule has 2 heterocycles. The summed E-state index contributed by atoms with van der Waals surface area (Å²) < 4.78 is 22.3. The van der Waals surface area contributed by atoms with Gasteiger partial charge in [0.25, 0.3) is 0 Å². The minimum atomic E-state index is -0.268. The number of ether oxygens (including phenoxy) is 1. The third-order valence-electron chi connectivity index (χ3n) is 3.86. The second-order valence-corrected chi connectivity index (χ2v) is 6.33. The van der Waals surface area contributed by atoms with Crippen LogP contribution >= 0.6 is 11.5 Å². The average molecular weight is 350 g/mol. The van der Waals surface area contributed by atoms with Crippen LogP contribution in [0.1, 0.15) is 11.4 Å². The molecule has 1 aliphatic heterocycles. The molecule has 1 aromatic carbocycles. The van der Waals surface area contributed by atoms with Crippen LogP contribution in [0.4, 0.5) is 9.52 Å². The zero-order valence-corrected chi connectivity index (χ0v) is 14.3. The molecule has 0 atom stereocenters. The van der Waals surface area contributed by atoms with Crippen LogP contribution in [0.5, 0.6) is 0 Å². The monoisotopic (exact) mass is 350 g/mol. The van der Waals surface area contributed by atoms with Gasteiger partial charge in [0.2, 0.25) is 11.0 Å². The van der Waals surface area contributed by atoms with E-state index in [9.17, 15) is 9.18 Å². The molecular weight excluding hydrogens is 331 g/mol. The van der Waals surface area contributed by atoms with Gasteiger partial charge in [-0.05, 0) is 17.7 Å². The normalized spacial score (nSPS) is 15.2. The Labute approximate surface area is 144 Å². The number of amides is 1. The van der Waals surface area contributed by atoms with Gasteiger partial charge in [0.15, 0.2) is 0 Å². The third kappa shape index (κ3) is 4.07. The SMILES string of the molecule is COCCc1nsc(N2CCN(Cc3ccc(F)cc3)C(=O)C2)n1. The van der Waals surface area contributed by atoms with Crippen molar-refractivity contribution in [3.8, 4) is 0 Å². The molecule has 1 fully saturated rings. The summed E-state index contributed by atoms with van der Waals surface area (Å²) in [5.74, 6) is 0.521. The number of halogens is 1. The number of carbonyl (C=O) groups is 1. The Balaban J connectivity index is 1.57. The Morgan fingerprint density at radius 1 is 1.29 bits per heavy atom. The van der Waals surface area contributed by atoms with Gasteiger partial charge >= 0.3 is 0 Å². The molecule has 1 saturated heterocycles. The molecule has 1 aliphatic rings. The summed E-state index contributed by atoms with van der Waals surface area (Å²) in [6, 6.07) is 6.25. The van der Waals surface area contributed by atoms with Gasteiger partial charge < -0.3 is 14.5 Å². The molecule has 2 aromatic rings. The van der Waals surface area contributed by atoms with Crippen LogP contribution in [0.2, 0.25) is 0 Å². The van der Waals surface area contributed by atoms with Crippen LogP contribution in [0.3, 0.4) is 0 Å². The number of nitrogens with zero attached hydrogens (tertiary/aromatic N) is 4. The zero-order valence-electron chi connectivity index (χ0n) is 13.4. The molecule has 0 unspecified atom stereocenters. The lowest BCUT2D eigenvalue weighted by molar-refractivity contribution is -0.131. The molecule has 1 aromatic heterocycles. The smallest absolute Gasteiger partial charge is 0.242 e. The Morgan fingerprint density at radius 3 is 2.79 bits per heavy atom. The van der Waals surface area contributed by atoms with Crippen molar-refractivity contribution in [2.45, 2.75) is 13.0 Å². The van der Waals surface area contributed by atoms with E-state index in [-0.39, 0.29) is 11.7 Å². The summed E-state index contributed by atoms with van der Waals surface area (Å²) in [6.07, 6.45) is 0.672. The van der Waals surface area contributed by atoms with Gasteiger partial charge in [-0.1, -0.05) is 12.1 Å². The van der Waals surface area contributed by atoms with E-state index in [1.54, 1.807) is 24.1 Å².